The highest BCUT2D eigenvalue weighted by molar-refractivity contribution is 6.32. The van der Waals surface area contributed by atoms with Crippen molar-refractivity contribution in [2.45, 2.75) is 12.5 Å². The maximum Gasteiger partial charge on any atom is 0.227 e. The molecule has 0 saturated carbocycles. The van der Waals surface area contributed by atoms with Gasteiger partial charge in [0, 0.05) is 5.69 Å². The average Bonchev–Trinajstić information content (AvgIpc) is 2.48. The number of benzene rings is 2. The Kier molecular flexibility index (Phi) is 5.20. The van der Waals surface area contributed by atoms with Crippen LogP contribution in [-0.4, -0.2) is 18.1 Å². The predicted molar refractivity (Wildman–Crippen MR) is 82.7 cm³/mol. The molecular formula is C16H16ClNO3. The van der Waals surface area contributed by atoms with E-state index >= 15 is 0 Å². The Bertz CT molecular complexity index is 616. The molecular weight excluding hydrogens is 290 g/mol. The molecule has 0 spiro atoms. The molecule has 4 nitrogen and oxygen atoms in total. The fraction of sp³-hybridized carbons (Fsp3) is 0.188. The number of methoxy groups -OCH3 is 1. The number of anilines is 1. The van der Waals surface area contributed by atoms with Crippen LogP contribution >= 0.6 is 11.6 Å². The summed E-state index contributed by atoms with van der Waals surface area (Å²) in [5, 5.41) is 13.1. The molecule has 0 aliphatic carbocycles. The largest absolute Gasteiger partial charge is 0.495 e. The summed E-state index contributed by atoms with van der Waals surface area (Å²) in [7, 11) is 1.52. The van der Waals surface area contributed by atoms with E-state index in [4.69, 9.17) is 16.3 Å². The van der Waals surface area contributed by atoms with E-state index in [2.05, 4.69) is 5.32 Å². The smallest absolute Gasteiger partial charge is 0.227 e. The van der Waals surface area contributed by atoms with Crippen LogP contribution in [-0.2, 0) is 4.79 Å². The summed E-state index contributed by atoms with van der Waals surface area (Å²) in [6.45, 7) is 0. The maximum absolute atomic E-state index is 11.9. The third-order valence-electron chi connectivity index (χ3n) is 3.00. The van der Waals surface area contributed by atoms with Crippen molar-refractivity contribution in [3.8, 4) is 5.75 Å². The lowest BCUT2D eigenvalue weighted by atomic mass is 10.1. The number of halogens is 1. The van der Waals surface area contributed by atoms with Gasteiger partial charge in [0.05, 0.1) is 24.7 Å². The van der Waals surface area contributed by atoms with E-state index in [0.29, 0.717) is 22.0 Å². The van der Waals surface area contributed by atoms with Gasteiger partial charge in [0.1, 0.15) is 5.75 Å². The van der Waals surface area contributed by atoms with E-state index in [-0.39, 0.29) is 12.3 Å². The first-order valence-corrected chi connectivity index (χ1v) is 6.84. The molecule has 0 saturated heterocycles. The van der Waals surface area contributed by atoms with Crippen molar-refractivity contribution in [2.75, 3.05) is 12.4 Å². The number of aliphatic hydroxyl groups is 1. The molecule has 0 aliphatic heterocycles. The quantitative estimate of drug-likeness (QED) is 0.890. The van der Waals surface area contributed by atoms with E-state index in [9.17, 15) is 9.90 Å². The Morgan fingerprint density at radius 1 is 1.29 bits per heavy atom. The molecule has 0 aromatic heterocycles. The summed E-state index contributed by atoms with van der Waals surface area (Å²) in [5.41, 5.74) is 1.27. The third-order valence-corrected chi connectivity index (χ3v) is 3.29. The monoisotopic (exact) mass is 305 g/mol. The number of rotatable bonds is 5. The second kappa shape index (κ2) is 7.11. The third kappa shape index (κ3) is 4.21. The summed E-state index contributed by atoms with van der Waals surface area (Å²) in [5.74, 6) is 0.256. The molecule has 0 aliphatic rings. The number of nitrogens with one attached hydrogen (secondary N) is 1. The first-order chi connectivity index (χ1) is 10.1. The molecule has 1 atom stereocenters. The topological polar surface area (TPSA) is 58.6 Å². The molecule has 5 heteroatoms. The number of hydrogen-bond acceptors (Lipinski definition) is 3. The summed E-state index contributed by atoms with van der Waals surface area (Å²) < 4.78 is 5.04. The van der Waals surface area contributed by atoms with Crippen molar-refractivity contribution in [1.29, 1.82) is 0 Å². The summed E-state index contributed by atoms with van der Waals surface area (Å²) >= 11 is 5.99. The van der Waals surface area contributed by atoms with Gasteiger partial charge in [-0.2, -0.15) is 0 Å². The van der Waals surface area contributed by atoms with Crippen molar-refractivity contribution < 1.29 is 14.6 Å². The van der Waals surface area contributed by atoms with E-state index in [1.807, 2.05) is 18.2 Å². The van der Waals surface area contributed by atoms with Crippen molar-refractivity contribution >= 4 is 23.2 Å². The molecule has 0 bridgehead atoms. The molecule has 0 heterocycles. The fourth-order valence-electron chi connectivity index (χ4n) is 1.92. The zero-order valence-corrected chi connectivity index (χ0v) is 12.3. The standard InChI is InChI=1S/C16H16ClNO3/c1-21-15-8-7-12(9-13(15)17)18-16(20)10-14(19)11-5-3-2-4-6-11/h2-9,14,19H,10H2,1H3,(H,18,20). The van der Waals surface area contributed by atoms with E-state index in [1.165, 1.54) is 7.11 Å². The Balaban J connectivity index is 1.97. The van der Waals surface area contributed by atoms with Crippen LogP contribution in [0.4, 0.5) is 5.69 Å². The van der Waals surface area contributed by atoms with E-state index < -0.39 is 6.10 Å². The van der Waals surface area contributed by atoms with E-state index in [0.717, 1.165) is 0 Å². The molecule has 1 amide bonds. The second-order valence-electron chi connectivity index (χ2n) is 4.53. The second-order valence-corrected chi connectivity index (χ2v) is 4.94. The lowest BCUT2D eigenvalue weighted by molar-refractivity contribution is -0.118. The molecule has 0 radical (unpaired) electrons. The zero-order chi connectivity index (χ0) is 15.2. The molecule has 1 unspecified atom stereocenters. The van der Waals surface area contributed by atoms with Crippen LogP contribution in [0.1, 0.15) is 18.1 Å². The average molecular weight is 306 g/mol. The van der Waals surface area contributed by atoms with Crippen LogP contribution in [0, 0.1) is 0 Å². The maximum atomic E-state index is 11.9. The van der Waals surface area contributed by atoms with Crippen LogP contribution in [0.3, 0.4) is 0 Å². The molecule has 2 aromatic carbocycles. The minimum Gasteiger partial charge on any atom is -0.495 e. The van der Waals surface area contributed by atoms with Crippen LogP contribution in [0.25, 0.3) is 0 Å². The fourth-order valence-corrected chi connectivity index (χ4v) is 2.18. The van der Waals surface area contributed by atoms with E-state index in [1.54, 1.807) is 30.3 Å². The highest BCUT2D eigenvalue weighted by Crippen LogP contribution is 2.27. The Morgan fingerprint density at radius 2 is 2.00 bits per heavy atom. The van der Waals surface area contributed by atoms with Gasteiger partial charge in [0.2, 0.25) is 5.91 Å². The molecule has 2 N–H and O–H groups in total. The van der Waals surface area contributed by atoms with Gasteiger partial charge in [0.25, 0.3) is 0 Å². The van der Waals surface area contributed by atoms with Crippen molar-refractivity contribution in [2.24, 2.45) is 0 Å². The molecule has 21 heavy (non-hydrogen) atoms. The minimum atomic E-state index is -0.833. The Morgan fingerprint density at radius 3 is 2.62 bits per heavy atom. The summed E-state index contributed by atoms with van der Waals surface area (Å²) in [4.78, 5) is 11.9. The van der Waals surface area contributed by atoms with Gasteiger partial charge in [-0.1, -0.05) is 41.9 Å². The molecule has 110 valence electrons. The highest BCUT2D eigenvalue weighted by Gasteiger charge is 2.13. The Labute approximate surface area is 128 Å². The summed E-state index contributed by atoms with van der Waals surface area (Å²) in [6.07, 6.45) is -0.854. The number of ether oxygens (including phenoxy) is 1. The predicted octanol–water partition coefficient (Wildman–Crippen LogP) is 3.41. The summed E-state index contributed by atoms with van der Waals surface area (Å²) in [6, 6.07) is 14.0. The SMILES string of the molecule is COc1ccc(NC(=O)CC(O)c2ccccc2)cc1Cl. The van der Waals surface area contributed by atoms with Gasteiger partial charge in [-0.25, -0.2) is 0 Å². The van der Waals surface area contributed by atoms with Gasteiger partial charge in [0.15, 0.2) is 0 Å². The van der Waals surface area contributed by atoms with Crippen LogP contribution in [0.2, 0.25) is 5.02 Å². The normalized spacial score (nSPS) is 11.8. The number of carbonyl (C=O) groups excluding carboxylic acids is 1. The molecule has 0 fully saturated rings. The lowest BCUT2D eigenvalue weighted by Crippen LogP contribution is -2.15. The van der Waals surface area contributed by atoms with Crippen molar-refractivity contribution in [1.82, 2.24) is 0 Å². The minimum absolute atomic E-state index is 0.0202. The van der Waals surface area contributed by atoms with Crippen LogP contribution in [0.5, 0.6) is 5.75 Å². The first-order valence-electron chi connectivity index (χ1n) is 6.46. The van der Waals surface area contributed by atoms with Crippen LogP contribution < -0.4 is 10.1 Å². The number of carbonyl (C=O) groups is 1. The first kappa shape index (κ1) is 15.4. The van der Waals surface area contributed by atoms with Crippen molar-refractivity contribution in [3.63, 3.8) is 0 Å². The molecule has 2 rings (SSSR count). The Hall–Kier alpha value is -2.04. The number of amides is 1. The number of aliphatic hydroxyl groups excluding tert-OH is 1. The zero-order valence-electron chi connectivity index (χ0n) is 11.5. The van der Waals surface area contributed by atoms with Gasteiger partial charge in [-0.15, -0.1) is 0 Å². The van der Waals surface area contributed by atoms with Gasteiger partial charge >= 0.3 is 0 Å². The van der Waals surface area contributed by atoms with Crippen molar-refractivity contribution in [3.05, 3.63) is 59.1 Å². The molecule has 2 aromatic rings. The van der Waals surface area contributed by atoms with Gasteiger partial charge in [-0.3, -0.25) is 4.79 Å². The van der Waals surface area contributed by atoms with Gasteiger partial charge < -0.3 is 15.2 Å². The van der Waals surface area contributed by atoms with Gasteiger partial charge in [-0.05, 0) is 23.8 Å². The highest BCUT2D eigenvalue weighted by atomic mass is 35.5. The number of hydrogen-bond donors (Lipinski definition) is 2. The lowest BCUT2D eigenvalue weighted by Gasteiger charge is -2.12. The van der Waals surface area contributed by atoms with Crippen LogP contribution in [0.15, 0.2) is 48.5 Å².